The molecule has 0 aromatic heterocycles. The van der Waals surface area contributed by atoms with Gasteiger partial charge in [-0.1, -0.05) is 6.92 Å². The van der Waals surface area contributed by atoms with Gasteiger partial charge < -0.3 is 15.1 Å². The Morgan fingerprint density at radius 3 is 2.25 bits per heavy atom. The van der Waals surface area contributed by atoms with E-state index < -0.39 is 0 Å². The number of amides is 1. The molecular formula is C12H25N3O. The van der Waals surface area contributed by atoms with Crippen LogP contribution >= 0.6 is 0 Å². The van der Waals surface area contributed by atoms with Crippen LogP contribution in [0.25, 0.3) is 0 Å². The standard InChI is InChI=1S/C12H25N3O/c1-4-14-7-9-15(10-8-14)6-5-12(16)13-11(2)3/h11H,4-10H2,1-3H3,(H,13,16). The number of carbonyl (C=O) groups is 1. The van der Waals surface area contributed by atoms with Crippen molar-refractivity contribution >= 4 is 5.91 Å². The van der Waals surface area contributed by atoms with Crippen molar-refractivity contribution in [2.75, 3.05) is 39.3 Å². The molecule has 4 nitrogen and oxygen atoms in total. The van der Waals surface area contributed by atoms with Crippen LogP contribution < -0.4 is 5.32 Å². The molecule has 0 aromatic carbocycles. The highest BCUT2D eigenvalue weighted by atomic mass is 16.1. The third kappa shape index (κ3) is 4.94. The molecule has 1 fully saturated rings. The largest absolute Gasteiger partial charge is 0.354 e. The van der Waals surface area contributed by atoms with Crippen molar-refractivity contribution in [3.63, 3.8) is 0 Å². The summed E-state index contributed by atoms with van der Waals surface area (Å²) in [6.45, 7) is 12.7. The number of likely N-dealkylation sites (N-methyl/N-ethyl adjacent to an activating group) is 1. The molecule has 94 valence electrons. The van der Waals surface area contributed by atoms with Crippen LogP contribution in [-0.4, -0.2) is 61.0 Å². The Morgan fingerprint density at radius 2 is 1.75 bits per heavy atom. The van der Waals surface area contributed by atoms with Crippen molar-refractivity contribution in [3.8, 4) is 0 Å². The molecule has 0 bridgehead atoms. The average Bonchev–Trinajstić information content (AvgIpc) is 2.26. The van der Waals surface area contributed by atoms with Crippen molar-refractivity contribution in [2.24, 2.45) is 0 Å². The number of nitrogens with zero attached hydrogens (tertiary/aromatic N) is 2. The lowest BCUT2D eigenvalue weighted by atomic mass is 10.2. The molecule has 1 N–H and O–H groups in total. The van der Waals surface area contributed by atoms with Crippen LogP contribution in [0.5, 0.6) is 0 Å². The van der Waals surface area contributed by atoms with Gasteiger partial charge in [-0.3, -0.25) is 4.79 Å². The zero-order valence-corrected chi connectivity index (χ0v) is 10.8. The minimum absolute atomic E-state index is 0.174. The van der Waals surface area contributed by atoms with Gasteiger partial charge in [0.1, 0.15) is 0 Å². The molecule has 0 aliphatic carbocycles. The first kappa shape index (κ1) is 13.5. The van der Waals surface area contributed by atoms with Gasteiger partial charge in [0.05, 0.1) is 0 Å². The minimum Gasteiger partial charge on any atom is -0.354 e. The Bertz CT molecular complexity index is 210. The molecule has 0 atom stereocenters. The van der Waals surface area contributed by atoms with E-state index in [1.807, 2.05) is 13.8 Å². The molecule has 0 radical (unpaired) electrons. The highest BCUT2D eigenvalue weighted by molar-refractivity contribution is 5.76. The maximum absolute atomic E-state index is 11.5. The van der Waals surface area contributed by atoms with Crippen LogP contribution in [0.15, 0.2) is 0 Å². The zero-order chi connectivity index (χ0) is 12.0. The lowest BCUT2D eigenvalue weighted by Crippen LogP contribution is -2.47. The van der Waals surface area contributed by atoms with E-state index in [0.29, 0.717) is 6.42 Å². The van der Waals surface area contributed by atoms with Crippen LogP contribution in [0.1, 0.15) is 27.2 Å². The topological polar surface area (TPSA) is 35.6 Å². The van der Waals surface area contributed by atoms with E-state index in [0.717, 1.165) is 39.3 Å². The molecule has 1 saturated heterocycles. The number of hydrogen-bond donors (Lipinski definition) is 1. The second-order valence-electron chi connectivity index (χ2n) is 4.75. The van der Waals surface area contributed by atoms with Crippen molar-refractivity contribution in [3.05, 3.63) is 0 Å². The van der Waals surface area contributed by atoms with Gasteiger partial charge in [0, 0.05) is 45.2 Å². The van der Waals surface area contributed by atoms with Crippen molar-refractivity contribution in [2.45, 2.75) is 33.2 Å². The number of carbonyl (C=O) groups excluding carboxylic acids is 1. The highest BCUT2D eigenvalue weighted by Crippen LogP contribution is 2.01. The maximum Gasteiger partial charge on any atom is 0.221 e. The summed E-state index contributed by atoms with van der Waals surface area (Å²) in [5.41, 5.74) is 0. The van der Waals surface area contributed by atoms with E-state index in [1.54, 1.807) is 0 Å². The lowest BCUT2D eigenvalue weighted by molar-refractivity contribution is -0.122. The maximum atomic E-state index is 11.5. The van der Waals surface area contributed by atoms with Crippen LogP contribution in [0.2, 0.25) is 0 Å². The van der Waals surface area contributed by atoms with Gasteiger partial charge in [-0.15, -0.1) is 0 Å². The summed E-state index contributed by atoms with van der Waals surface area (Å²) >= 11 is 0. The van der Waals surface area contributed by atoms with Crippen molar-refractivity contribution in [1.29, 1.82) is 0 Å². The van der Waals surface area contributed by atoms with Crippen molar-refractivity contribution < 1.29 is 4.79 Å². The van der Waals surface area contributed by atoms with E-state index in [4.69, 9.17) is 0 Å². The summed E-state index contributed by atoms with van der Waals surface area (Å²) in [6.07, 6.45) is 0.629. The number of rotatable bonds is 5. The summed E-state index contributed by atoms with van der Waals surface area (Å²) in [5, 5.41) is 2.93. The van der Waals surface area contributed by atoms with E-state index in [2.05, 4.69) is 22.0 Å². The van der Waals surface area contributed by atoms with Gasteiger partial charge in [-0.25, -0.2) is 0 Å². The first-order valence-electron chi connectivity index (χ1n) is 6.36. The van der Waals surface area contributed by atoms with Gasteiger partial charge in [0.15, 0.2) is 0 Å². The summed E-state index contributed by atoms with van der Waals surface area (Å²) in [7, 11) is 0. The SMILES string of the molecule is CCN1CCN(CCC(=O)NC(C)C)CC1. The number of piperazine rings is 1. The molecule has 1 aliphatic heterocycles. The quantitative estimate of drug-likeness (QED) is 0.744. The van der Waals surface area contributed by atoms with Crippen LogP contribution in [0.3, 0.4) is 0 Å². The third-order valence-electron chi connectivity index (χ3n) is 3.02. The van der Waals surface area contributed by atoms with Gasteiger partial charge in [-0.05, 0) is 20.4 Å². The Kier molecular flexibility index (Phi) is 5.77. The predicted octanol–water partition coefficient (Wildman–Crippen LogP) is 0.539. The molecule has 16 heavy (non-hydrogen) atoms. The van der Waals surface area contributed by atoms with Crippen LogP contribution in [0, 0.1) is 0 Å². The average molecular weight is 227 g/mol. The normalized spacial score (nSPS) is 19.0. The van der Waals surface area contributed by atoms with E-state index in [1.165, 1.54) is 0 Å². The molecule has 1 amide bonds. The fourth-order valence-electron chi connectivity index (χ4n) is 1.98. The summed E-state index contributed by atoms with van der Waals surface area (Å²) < 4.78 is 0. The molecular weight excluding hydrogens is 202 g/mol. The van der Waals surface area contributed by atoms with Gasteiger partial charge in [0.25, 0.3) is 0 Å². The van der Waals surface area contributed by atoms with Gasteiger partial charge in [0.2, 0.25) is 5.91 Å². The van der Waals surface area contributed by atoms with Gasteiger partial charge >= 0.3 is 0 Å². The highest BCUT2D eigenvalue weighted by Gasteiger charge is 2.15. The number of hydrogen-bond acceptors (Lipinski definition) is 3. The first-order valence-corrected chi connectivity index (χ1v) is 6.36. The van der Waals surface area contributed by atoms with Crippen molar-refractivity contribution in [1.82, 2.24) is 15.1 Å². The Labute approximate surface area is 99.0 Å². The molecule has 1 aliphatic rings. The summed E-state index contributed by atoms with van der Waals surface area (Å²) in [6, 6.07) is 0.254. The van der Waals surface area contributed by atoms with Gasteiger partial charge in [-0.2, -0.15) is 0 Å². The Balaban J connectivity index is 2.12. The third-order valence-corrected chi connectivity index (χ3v) is 3.02. The fraction of sp³-hybridized carbons (Fsp3) is 0.917. The van der Waals surface area contributed by atoms with Crippen LogP contribution in [-0.2, 0) is 4.79 Å². The zero-order valence-electron chi connectivity index (χ0n) is 10.8. The van der Waals surface area contributed by atoms with Crippen LogP contribution in [0.4, 0.5) is 0 Å². The first-order chi connectivity index (χ1) is 7.61. The number of nitrogens with one attached hydrogen (secondary N) is 1. The monoisotopic (exact) mass is 227 g/mol. The second-order valence-corrected chi connectivity index (χ2v) is 4.75. The van der Waals surface area contributed by atoms with E-state index in [-0.39, 0.29) is 11.9 Å². The molecule has 4 heteroatoms. The fourth-order valence-corrected chi connectivity index (χ4v) is 1.98. The molecule has 0 unspecified atom stereocenters. The second kappa shape index (κ2) is 6.86. The molecule has 0 spiro atoms. The molecule has 1 rings (SSSR count). The summed E-state index contributed by atoms with van der Waals surface area (Å²) in [5.74, 6) is 0.174. The Hall–Kier alpha value is -0.610. The Morgan fingerprint density at radius 1 is 1.19 bits per heavy atom. The van der Waals surface area contributed by atoms with E-state index >= 15 is 0 Å². The summed E-state index contributed by atoms with van der Waals surface area (Å²) in [4.78, 5) is 16.3. The lowest BCUT2D eigenvalue weighted by Gasteiger charge is -2.33. The molecule has 0 aromatic rings. The molecule has 0 saturated carbocycles. The minimum atomic E-state index is 0.174. The smallest absolute Gasteiger partial charge is 0.221 e. The predicted molar refractivity (Wildman–Crippen MR) is 66.4 cm³/mol. The molecule has 1 heterocycles. The van der Waals surface area contributed by atoms with E-state index in [9.17, 15) is 4.79 Å².